The molecule has 0 atom stereocenters. The van der Waals surface area contributed by atoms with Crippen LogP contribution >= 0.6 is 0 Å². The van der Waals surface area contributed by atoms with Gasteiger partial charge in [-0.3, -0.25) is 0 Å². The highest BCUT2D eigenvalue weighted by molar-refractivity contribution is 5.61. The normalized spacial score (nSPS) is 10.4. The van der Waals surface area contributed by atoms with E-state index in [1.165, 1.54) is 6.07 Å². The van der Waals surface area contributed by atoms with Gasteiger partial charge in [0.1, 0.15) is 5.82 Å². The van der Waals surface area contributed by atoms with Crippen molar-refractivity contribution in [2.24, 2.45) is 7.05 Å². The van der Waals surface area contributed by atoms with E-state index in [-0.39, 0.29) is 5.82 Å². The number of hydrogen-bond donors (Lipinski definition) is 1. The van der Waals surface area contributed by atoms with Crippen molar-refractivity contribution >= 4 is 5.95 Å². The first-order valence-corrected chi connectivity index (χ1v) is 4.22. The van der Waals surface area contributed by atoms with Crippen molar-refractivity contribution < 1.29 is 4.39 Å². The lowest BCUT2D eigenvalue weighted by molar-refractivity contribution is 0.630. The van der Waals surface area contributed by atoms with E-state index in [1.54, 1.807) is 36.0 Å². The van der Waals surface area contributed by atoms with Crippen molar-refractivity contribution in [2.75, 3.05) is 5.73 Å². The summed E-state index contributed by atoms with van der Waals surface area (Å²) in [5.74, 6) is 0.110. The van der Waals surface area contributed by atoms with Crippen LogP contribution in [0.3, 0.4) is 0 Å². The second kappa shape index (κ2) is 3.14. The number of nitrogen functional groups attached to an aromatic ring is 1. The van der Waals surface area contributed by atoms with Crippen LogP contribution in [0.1, 0.15) is 0 Å². The van der Waals surface area contributed by atoms with Crippen LogP contribution < -0.4 is 5.73 Å². The smallest absolute Gasteiger partial charge is 0.200 e. The maximum atomic E-state index is 13.4. The van der Waals surface area contributed by atoms with Gasteiger partial charge in [0.15, 0.2) is 5.95 Å². The zero-order valence-electron chi connectivity index (χ0n) is 7.74. The van der Waals surface area contributed by atoms with Gasteiger partial charge in [-0.05, 0) is 12.1 Å². The summed E-state index contributed by atoms with van der Waals surface area (Å²) in [4.78, 5) is 3.91. The lowest BCUT2D eigenvalue weighted by Gasteiger charge is -2.03. The Morgan fingerprint density at radius 2 is 2.07 bits per heavy atom. The van der Waals surface area contributed by atoms with Gasteiger partial charge < -0.3 is 10.3 Å². The van der Waals surface area contributed by atoms with E-state index >= 15 is 0 Å². The Morgan fingerprint density at radius 1 is 1.36 bits per heavy atom. The lowest BCUT2D eigenvalue weighted by Crippen LogP contribution is -1.99. The number of anilines is 1. The van der Waals surface area contributed by atoms with Gasteiger partial charge >= 0.3 is 0 Å². The highest BCUT2D eigenvalue weighted by Crippen LogP contribution is 2.23. The molecule has 2 N–H and O–H groups in total. The van der Waals surface area contributed by atoms with E-state index in [2.05, 4.69) is 4.98 Å². The molecule has 1 aromatic heterocycles. The first kappa shape index (κ1) is 8.74. The highest BCUT2D eigenvalue weighted by Gasteiger charge is 2.09. The van der Waals surface area contributed by atoms with Crippen LogP contribution in [0.2, 0.25) is 0 Å². The average Bonchev–Trinajstić information content (AvgIpc) is 2.49. The van der Waals surface area contributed by atoms with Crippen LogP contribution in [0.15, 0.2) is 30.5 Å². The third-order valence-corrected chi connectivity index (χ3v) is 2.17. The van der Waals surface area contributed by atoms with E-state index in [4.69, 9.17) is 5.73 Å². The van der Waals surface area contributed by atoms with E-state index in [1.807, 2.05) is 0 Å². The minimum atomic E-state index is -0.268. The Balaban J connectivity index is 2.60. The molecule has 1 aromatic carbocycles. The zero-order chi connectivity index (χ0) is 10.1. The Kier molecular flexibility index (Phi) is 1.96. The van der Waals surface area contributed by atoms with Crippen molar-refractivity contribution in [2.45, 2.75) is 0 Å². The third-order valence-electron chi connectivity index (χ3n) is 2.17. The molecule has 72 valence electrons. The minimum Gasteiger partial charge on any atom is -0.369 e. The summed E-state index contributed by atoms with van der Waals surface area (Å²) >= 11 is 0. The molecule has 0 radical (unpaired) electrons. The summed E-state index contributed by atoms with van der Waals surface area (Å²) in [5.41, 5.74) is 6.75. The van der Waals surface area contributed by atoms with Crippen LogP contribution in [0.4, 0.5) is 10.3 Å². The first-order valence-electron chi connectivity index (χ1n) is 4.22. The van der Waals surface area contributed by atoms with Crippen LogP contribution in [0.5, 0.6) is 0 Å². The molecule has 4 heteroatoms. The largest absolute Gasteiger partial charge is 0.369 e. The summed E-state index contributed by atoms with van der Waals surface area (Å²) in [6.45, 7) is 0. The maximum absolute atomic E-state index is 13.4. The molecule has 2 rings (SSSR count). The van der Waals surface area contributed by atoms with Crippen LogP contribution in [0, 0.1) is 5.82 Å². The van der Waals surface area contributed by atoms with E-state index in [0.29, 0.717) is 17.2 Å². The predicted octanol–water partition coefficient (Wildman–Crippen LogP) is 1.81. The van der Waals surface area contributed by atoms with Crippen molar-refractivity contribution in [1.82, 2.24) is 9.55 Å². The van der Waals surface area contributed by atoms with Gasteiger partial charge in [-0.25, -0.2) is 9.37 Å². The average molecular weight is 191 g/mol. The summed E-state index contributed by atoms with van der Waals surface area (Å²) in [7, 11) is 1.75. The van der Waals surface area contributed by atoms with Gasteiger partial charge in [0.25, 0.3) is 0 Å². The molecule has 3 nitrogen and oxygen atoms in total. The van der Waals surface area contributed by atoms with E-state index in [0.717, 1.165) is 0 Å². The number of nitrogens with zero attached hydrogens (tertiary/aromatic N) is 2. The number of halogens is 1. The van der Waals surface area contributed by atoms with Crippen LogP contribution in [0.25, 0.3) is 11.3 Å². The number of hydrogen-bond acceptors (Lipinski definition) is 2. The summed E-state index contributed by atoms with van der Waals surface area (Å²) in [6.07, 6.45) is 1.56. The van der Waals surface area contributed by atoms with Crippen molar-refractivity contribution in [3.8, 4) is 11.3 Å². The van der Waals surface area contributed by atoms with Crippen LogP contribution in [-0.2, 0) is 7.05 Å². The molecule has 0 fully saturated rings. The molecule has 1 heterocycles. The maximum Gasteiger partial charge on any atom is 0.200 e. The summed E-state index contributed by atoms with van der Waals surface area (Å²) in [6, 6.07) is 6.55. The Bertz CT molecular complexity index is 462. The molecule has 0 amide bonds. The summed E-state index contributed by atoms with van der Waals surface area (Å²) < 4.78 is 15.0. The fourth-order valence-corrected chi connectivity index (χ4v) is 1.34. The summed E-state index contributed by atoms with van der Waals surface area (Å²) in [5, 5.41) is 0. The Labute approximate surface area is 81.0 Å². The fraction of sp³-hybridized carbons (Fsp3) is 0.100. The molecule has 0 saturated carbocycles. The molecule has 0 aliphatic rings. The quantitative estimate of drug-likeness (QED) is 0.747. The van der Waals surface area contributed by atoms with Crippen molar-refractivity contribution in [3.63, 3.8) is 0 Å². The topological polar surface area (TPSA) is 43.8 Å². The van der Waals surface area contributed by atoms with Gasteiger partial charge in [0, 0.05) is 12.6 Å². The highest BCUT2D eigenvalue weighted by atomic mass is 19.1. The SMILES string of the molecule is Cn1c(-c2ccccc2F)cnc1N. The fourth-order valence-electron chi connectivity index (χ4n) is 1.34. The molecule has 0 saturated heterocycles. The molecule has 0 aliphatic carbocycles. The van der Waals surface area contributed by atoms with E-state index in [9.17, 15) is 4.39 Å². The lowest BCUT2D eigenvalue weighted by atomic mass is 10.1. The minimum absolute atomic E-state index is 0.268. The van der Waals surface area contributed by atoms with Gasteiger partial charge in [-0.2, -0.15) is 0 Å². The second-order valence-electron chi connectivity index (χ2n) is 3.04. The number of nitrogens with two attached hydrogens (primary N) is 1. The second-order valence-corrected chi connectivity index (χ2v) is 3.04. The van der Waals surface area contributed by atoms with Gasteiger partial charge in [-0.1, -0.05) is 12.1 Å². The molecular weight excluding hydrogens is 181 g/mol. The van der Waals surface area contributed by atoms with Crippen molar-refractivity contribution in [3.05, 3.63) is 36.3 Å². The van der Waals surface area contributed by atoms with Gasteiger partial charge in [0.05, 0.1) is 11.9 Å². The zero-order valence-corrected chi connectivity index (χ0v) is 7.74. The van der Waals surface area contributed by atoms with Crippen molar-refractivity contribution in [1.29, 1.82) is 0 Å². The molecule has 0 spiro atoms. The number of imidazole rings is 1. The molecule has 14 heavy (non-hydrogen) atoms. The molecule has 0 bridgehead atoms. The number of aromatic nitrogens is 2. The number of rotatable bonds is 1. The molecule has 2 aromatic rings. The standard InChI is InChI=1S/C10H10FN3/c1-14-9(6-13-10(14)12)7-4-2-3-5-8(7)11/h2-6H,1H3,(H2,12,13). The Morgan fingerprint density at radius 3 is 2.64 bits per heavy atom. The first-order chi connectivity index (χ1) is 6.70. The molecule has 0 unspecified atom stereocenters. The number of benzene rings is 1. The molecular formula is C10H10FN3. The monoisotopic (exact) mass is 191 g/mol. The van der Waals surface area contributed by atoms with Gasteiger partial charge in [0.2, 0.25) is 0 Å². The van der Waals surface area contributed by atoms with Gasteiger partial charge in [-0.15, -0.1) is 0 Å². The van der Waals surface area contributed by atoms with Crippen LogP contribution in [-0.4, -0.2) is 9.55 Å². The third kappa shape index (κ3) is 1.25. The predicted molar refractivity (Wildman–Crippen MR) is 53.0 cm³/mol. The Hall–Kier alpha value is -1.84. The molecule has 0 aliphatic heterocycles. The van der Waals surface area contributed by atoms with E-state index < -0.39 is 0 Å².